The minimum Gasteiger partial charge on any atom is -0.332 e. The van der Waals surface area contributed by atoms with Crippen LogP contribution in [0.3, 0.4) is 0 Å². The Morgan fingerprint density at radius 3 is 2.67 bits per heavy atom. The SMILES string of the molecule is CC(C)C(=O)N(Cc1nccn1Cc1ccc(Cl)cc1Cl)C1CCCCC1. The molecule has 4 nitrogen and oxygen atoms in total. The van der Waals surface area contributed by atoms with E-state index >= 15 is 0 Å². The molecule has 1 aromatic carbocycles. The van der Waals surface area contributed by atoms with Gasteiger partial charge in [-0.3, -0.25) is 4.79 Å². The summed E-state index contributed by atoms with van der Waals surface area (Å²) in [7, 11) is 0. The topological polar surface area (TPSA) is 38.1 Å². The summed E-state index contributed by atoms with van der Waals surface area (Å²) in [6.07, 6.45) is 9.56. The van der Waals surface area contributed by atoms with E-state index in [4.69, 9.17) is 23.2 Å². The second-order valence-electron chi connectivity index (χ2n) is 7.62. The fourth-order valence-corrected chi connectivity index (χ4v) is 4.20. The van der Waals surface area contributed by atoms with Gasteiger partial charge in [0.05, 0.1) is 13.1 Å². The third-order valence-electron chi connectivity index (χ3n) is 5.26. The maximum absolute atomic E-state index is 12.9. The minimum absolute atomic E-state index is 0.0129. The fraction of sp³-hybridized carbons (Fsp3) is 0.524. The Labute approximate surface area is 171 Å². The zero-order chi connectivity index (χ0) is 19.4. The van der Waals surface area contributed by atoms with Gasteiger partial charge in [0.2, 0.25) is 5.91 Å². The first-order valence-corrected chi connectivity index (χ1v) is 10.5. The number of nitrogens with zero attached hydrogens (tertiary/aromatic N) is 3. The smallest absolute Gasteiger partial charge is 0.225 e. The monoisotopic (exact) mass is 407 g/mol. The van der Waals surface area contributed by atoms with Gasteiger partial charge in [-0.15, -0.1) is 0 Å². The first-order valence-electron chi connectivity index (χ1n) is 9.70. The number of rotatable bonds is 6. The van der Waals surface area contributed by atoms with Crippen LogP contribution in [0, 0.1) is 5.92 Å². The Morgan fingerprint density at radius 2 is 2.00 bits per heavy atom. The van der Waals surface area contributed by atoms with Crippen LogP contribution in [0.15, 0.2) is 30.6 Å². The highest BCUT2D eigenvalue weighted by Crippen LogP contribution is 2.26. The summed E-state index contributed by atoms with van der Waals surface area (Å²) in [6, 6.07) is 5.85. The van der Waals surface area contributed by atoms with Crippen LogP contribution in [0.25, 0.3) is 0 Å². The average Bonchev–Trinajstić information content (AvgIpc) is 3.09. The Morgan fingerprint density at radius 1 is 1.26 bits per heavy atom. The van der Waals surface area contributed by atoms with Crippen molar-refractivity contribution in [1.82, 2.24) is 14.5 Å². The molecular formula is C21H27Cl2N3O. The highest BCUT2D eigenvalue weighted by atomic mass is 35.5. The van der Waals surface area contributed by atoms with Crippen LogP contribution >= 0.6 is 23.2 Å². The number of amides is 1. The fourth-order valence-electron chi connectivity index (χ4n) is 3.73. The van der Waals surface area contributed by atoms with Crippen molar-refractivity contribution in [3.8, 4) is 0 Å². The summed E-state index contributed by atoms with van der Waals surface area (Å²) >= 11 is 12.3. The van der Waals surface area contributed by atoms with Crippen molar-refractivity contribution in [2.75, 3.05) is 0 Å². The largest absolute Gasteiger partial charge is 0.332 e. The Balaban J connectivity index is 1.80. The van der Waals surface area contributed by atoms with Gasteiger partial charge in [-0.05, 0) is 30.5 Å². The number of hydrogen-bond acceptors (Lipinski definition) is 2. The summed E-state index contributed by atoms with van der Waals surface area (Å²) in [5.41, 5.74) is 0.986. The second kappa shape index (κ2) is 9.11. The van der Waals surface area contributed by atoms with Crippen molar-refractivity contribution in [2.24, 2.45) is 5.92 Å². The van der Waals surface area contributed by atoms with Crippen molar-refractivity contribution in [2.45, 2.75) is 65.1 Å². The summed E-state index contributed by atoms with van der Waals surface area (Å²) < 4.78 is 2.07. The third kappa shape index (κ3) is 5.05. The van der Waals surface area contributed by atoms with Crippen molar-refractivity contribution in [1.29, 1.82) is 0 Å². The summed E-state index contributed by atoms with van der Waals surface area (Å²) in [4.78, 5) is 19.5. The van der Waals surface area contributed by atoms with Gasteiger partial charge < -0.3 is 9.47 Å². The first-order chi connectivity index (χ1) is 13.0. The number of aromatic nitrogens is 2. The molecule has 0 bridgehead atoms. The van der Waals surface area contributed by atoms with Crippen LogP contribution in [0.4, 0.5) is 0 Å². The molecule has 1 saturated carbocycles. The van der Waals surface area contributed by atoms with Crippen LogP contribution < -0.4 is 0 Å². The number of carbonyl (C=O) groups is 1. The van der Waals surface area contributed by atoms with Gasteiger partial charge in [-0.2, -0.15) is 0 Å². The standard InChI is InChI=1S/C21H27Cl2N3O/c1-15(2)21(27)26(18-6-4-3-5-7-18)14-20-24-10-11-25(20)13-16-8-9-17(22)12-19(16)23/h8-12,15,18H,3-7,13-14H2,1-2H3. The highest BCUT2D eigenvalue weighted by Gasteiger charge is 2.28. The van der Waals surface area contributed by atoms with Crippen LogP contribution in [0.5, 0.6) is 0 Å². The molecule has 0 N–H and O–H groups in total. The molecule has 0 spiro atoms. The molecule has 3 rings (SSSR count). The molecule has 0 saturated heterocycles. The minimum atomic E-state index is -0.0129. The van der Waals surface area contributed by atoms with Gasteiger partial charge in [-0.1, -0.05) is 62.4 Å². The lowest BCUT2D eigenvalue weighted by Gasteiger charge is -2.35. The number of benzene rings is 1. The van der Waals surface area contributed by atoms with Gasteiger partial charge in [0.25, 0.3) is 0 Å². The molecule has 0 atom stereocenters. The Kier molecular flexibility index (Phi) is 6.83. The Bertz CT molecular complexity index is 781. The van der Waals surface area contributed by atoms with E-state index in [1.54, 1.807) is 12.3 Å². The van der Waals surface area contributed by atoms with Crippen LogP contribution in [-0.2, 0) is 17.9 Å². The predicted molar refractivity (Wildman–Crippen MR) is 110 cm³/mol. The number of imidazole rings is 1. The Hall–Kier alpha value is -1.52. The molecule has 1 fully saturated rings. The second-order valence-corrected chi connectivity index (χ2v) is 8.46. The molecule has 6 heteroatoms. The zero-order valence-corrected chi connectivity index (χ0v) is 17.5. The molecule has 1 aliphatic carbocycles. The molecule has 1 aromatic heterocycles. The van der Waals surface area contributed by atoms with Crippen LogP contribution in [0.2, 0.25) is 10.0 Å². The van der Waals surface area contributed by atoms with E-state index in [1.165, 1.54) is 19.3 Å². The van der Waals surface area contributed by atoms with E-state index in [9.17, 15) is 4.79 Å². The molecule has 27 heavy (non-hydrogen) atoms. The van der Waals surface area contributed by atoms with E-state index < -0.39 is 0 Å². The maximum atomic E-state index is 12.9. The molecule has 0 radical (unpaired) electrons. The molecule has 1 heterocycles. The normalized spacial score (nSPS) is 15.3. The van der Waals surface area contributed by atoms with Gasteiger partial charge in [0, 0.05) is 34.4 Å². The average molecular weight is 408 g/mol. The van der Waals surface area contributed by atoms with Gasteiger partial charge in [-0.25, -0.2) is 4.98 Å². The summed E-state index contributed by atoms with van der Waals surface area (Å²) in [6.45, 7) is 5.09. The summed E-state index contributed by atoms with van der Waals surface area (Å²) in [5.74, 6) is 1.09. The number of hydrogen-bond donors (Lipinski definition) is 0. The highest BCUT2D eigenvalue weighted by molar-refractivity contribution is 6.35. The van der Waals surface area contributed by atoms with Crippen LogP contribution in [0.1, 0.15) is 57.3 Å². The van der Waals surface area contributed by atoms with E-state index in [0.717, 1.165) is 24.2 Å². The first kappa shape index (κ1) is 20.2. The van der Waals surface area contributed by atoms with Gasteiger partial charge in [0.1, 0.15) is 5.82 Å². The number of carbonyl (C=O) groups excluding carboxylic acids is 1. The van der Waals surface area contributed by atoms with Crippen molar-refractivity contribution in [3.63, 3.8) is 0 Å². The predicted octanol–water partition coefficient (Wildman–Crippen LogP) is 5.56. The van der Waals surface area contributed by atoms with Gasteiger partial charge in [0.15, 0.2) is 0 Å². The maximum Gasteiger partial charge on any atom is 0.225 e. The quantitative estimate of drug-likeness (QED) is 0.628. The van der Waals surface area contributed by atoms with Crippen molar-refractivity contribution in [3.05, 3.63) is 52.0 Å². The van der Waals surface area contributed by atoms with Gasteiger partial charge >= 0.3 is 0 Å². The van der Waals surface area contributed by atoms with E-state index in [0.29, 0.717) is 29.2 Å². The molecular weight excluding hydrogens is 381 g/mol. The van der Waals surface area contributed by atoms with E-state index in [1.807, 2.05) is 37.1 Å². The molecule has 0 aliphatic heterocycles. The van der Waals surface area contributed by atoms with Crippen LogP contribution in [-0.4, -0.2) is 26.4 Å². The lowest BCUT2D eigenvalue weighted by molar-refractivity contribution is -0.138. The lowest BCUT2D eigenvalue weighted by Crippen LogP contribution is -2.43. The molecule has 1 aliphatic rings. The molecule has 0 unspecified atom stereocenters. The van der Waals surface area contributed by atoms with Crippen molar-refractivity contribution >= 4 is 29.1 Å². The molecule has 1 amide bonds. The zero-order valence-electron chi connectivity index (χ0n) is 16.0. The van der Waals surface area contributed by atoms with E-state index in [2.05, 4.69) is 9.55 Å². The summed E-state index contributed by atoms with van der Waals surface area (Å²) in [5, 5.41) is 1.27. The van der Waals surface area contributed by atoms with E-state index in [-0.39, 0.29) is 11.8 Å². The number of halogens is 2. The molecule has 2 aromatic rings. The molecule has 146 valence electrons. The lowest BCUT2D eigenvalue weighted by atomic mass is 9.93. The van der Waals surface area contributed by atoms with Crippen molar-refractivity contribution < 1.29 is 4.79 Å². The third-order valence-corrected chi connectivity index (χ3v) is 5.85.